The molecule has 1 aromatic rings. The highest BCUT2D eigenvalue weighted by Crippen LogP contribution is 2.46. The molecule has 2 heterocycles. The van der Waals surface area contributed by atoms with E-state index in [0.717, 1.165) is 12.2 Å². The normalized spacial score (nSPS) is 23.0. The van der Waals surface area contributed by atoms with Gasteiger partial charge in [-0.3, -0.25) is 9.88 Å². The number of rotatable bonds is 3. The first-order valence-electron chi connectivity index (χ1n) is 7.67. The summed E-state index contributed by atoms with van der Waals surface area (Å²) in [7, 11) is 0. The van der Waals surface area contributed by atoms with Crippen LogP contribution < -0.4 is 5.73 Å². The quantitative estimate of drug-likeness (QED) is 0.907. The molecule has 3 heteroatoms. The minimum Gasteiger partial charge on any atom is -0.325 e. The van der Waals surface area contributed by atoms with Crippen LogP contribution in [0.15, 0.2) is 18.2 Å². The van der Waals surface area contributed by atoms with E-state index in [0.29, 0.717) is 12.0 Å². The summed E-state index contributed by atoms with van der Waals surface area (Å²) in [5.74, 6) is 0. The summed E-state index contributed by atoms with van der Waals surface area (Å²) in [6.07, 6.45) is 8.65. The second-order valence-electron chi connectivity index (χ2n) is 6.31. The van der Waals surface area contributed by atoms with Crippen molar-refractivity contribution in [2.75, 3.05) is 13.1 Å². The predicted octanol–water partition coefficient (Wildman–Crippen LogP) is 2.70. The summed E-state index contributed by atoms with van der Waals surface area (Å²) < 4.78 is 0. The molecule has 1 aliphatic heterocycles. The molecule has 1 aliphatic carbocycles. The molecular formula is C16H25N3. The number of nitrogens with two attached hydrogens (primary N) is 1. The predicted molar refractivity (Wildman–Crippen MR) is 77.5 cm³/mol. The van der Waals surface area contributed by atoms with Crippen LogP contribution in [0.2, 0.25) is 0 Å². The maximum absolute atomic E-state index is 5.65. The summed E-state index contributed by atoms with van der Waals surface area (Å²) in [5.41, 5.74) is 8.54. The molecule has 2 N–H and O–H groups in total. The molecule has 2 aliphatic rings. The standard InChI is InChI=1S/C16H25N3/c17-12-14-4-3-5-15(18-14)13-19-10-8-16(9-11-19)6-1-2-7-16/h3-5H,1-2,6-13,17H2. The monoisotopic (exact) mass is 259 g/mol. The molecule has 3 nitrogen and oxygen atoms in total. The Labute approximate surface area is 116 Å². The van der Waals surface area contributed by atoms with Gasteiger partial charge in [0.05, 0.1) is 11.4 Å². The molecule has 0 atom stereocenters. The van der Waals surface area contributed by atoms with Crippen LogP contribution in [0.1, 0.15) is 49.9 Å². The topological polar surface area (TPSA) is 42.1 Å². The number of likely N-dealkylation sites (tertiary alicyclic amines) is 1. The summed E-state index contributed by atoms with van der Waals surface area (Å²) in [6, 6.07) is 6.21. The number of piperidine rings is 1. The lowest BCUT2D eigenvalue weighted by Crippen LogP contribution is -2.38. The van der Waals surface area contributed by atoms with Crippen molar-refractivity contribution in [2.45, 2.75) is 51.6 Å². The van der Waals surface area contributed by atoms with Gasteiger partial charge in [0, 0.05) is 13.1 Å². The van der Waals surface area contributed by atoms with E-state index < -0.39 is 0 Å². The van der Waals surface area contributed by atoms with Crippen LogP contribution in [0.3, 0.4) is 0 Å². The number of hydrogen-bond acceptors (Lipinski definition) is 3. The maximum atomic E-state index is 5.65. The number of hydrogen-bond donors (Lipinski definition) is 1. The molecule has 0 radical (unpaired) electrons. The van der Waals surface area contributed by atoms with Crippen LogP contribution in [0, 0.1) is 5.41 Å². The Bertz CT molecular complexity index is 414. The Hall–Kier alpha value is -0.930. The van der Waals surface area contributed by atoms with Gasteiger partial charge in [-0.15, -0.1) is 0 Å². The summed E-state index contributed by atoms with van der Waals surface area (Å²) in [5, 5.41) is 0. The largest absolute Gasteiger partial charge is 0.325 e. The molecule has 3 rings (SSSR count). The fourth-order valence-corrected chi connectivity index (χ4v) is 3.77. The lowest BCUT2D eigenvalue weighted by atomic mass is 9.77. The Balaban J connectivity index is 1.56. The van der Waals surface area contributed by atoms with Crippen LogP contribution in [0.5, 0.6) is 0 Å². The highest BCUT2D eigenvalue weighted by molar-refractivity contribution is 5.11. The van der Waals surface area contributed by atoms with Gasteiger partial charge >= 0.3 is 0 Å². The molecule has 0 bridgehead atoms. The highest BCUT2D eigenvalue weighted by atomic mass is 15.1. The fraction of sp³-hybridized carbons (Fsp3) is 0.688. The van der Waals surface area contributed by atoms with E-state index in [1.165, 1.54) is 57.3 Å². The van der Waals surface area contributed by atoms with Crippen molar-refractivity contribution in [1.82, 2.24) is 9.88 Å². The van der Waals surface area contributed by atoms with Gasteiger partial charge in [0.2, 0.25) is 0 Å². The van der Waals surface area contributed by atoms with Crippen molar-refractivity contribution in [3.63, 3.8) is 0 Å². The first kappa shape index (κ1) is 13.1. The zero-order chi connectivity index (χ0) is 13.1. The molecule has 104 valence electrons. The second kappa shape index (κ2) is 5.59. The molecule has 1 spiro atoms. The van der Waals surface area contributed by atoms with Gasteiger partial charge in [-0.1, -0.05) is 18.9 Å². The summed E-state index contributed by atoms with van der Waals surface area (Å²) >= 11 is 0. The number of pyridine rings is 1. The zero-order valence-corrected chi connectivity index (χ0v) is 11.8. The lowest BCUT2D eigenvalue weighted by molar-refractivity contribution is 0.103. The number of aromatic nitrogens is 1. The van der Waals surface area contributed by atoms with E-state index in [9.17, 15) is 0 Å². The van der Waals surface area contributed by atoms with Crippen LogP contribution in [-0.4, -0.2) is 23.0 Å². The third-order valence-electron chi connectivity index (χ3n) is 5.04. The van der Waals surface area contributed by atoms with Crippen molar-refractivity contribution < 1.29 is 0 Å². The first-order chi connectivity index (χ1) is 9.30. The fourth-order valence-electron chi connectivity index (χ4n) is 3.77. The maximum Gasteiger partial charge on any atom is 0.0547 e. The molecule has 19 heavy (non-hydrogen) atoms. The zero-order valence-electron chi connectivity index (χ0n) is 11.8. The summed E-state index contributed by atoms with van der Waals surface area (Å²) in [4.78, 5) is 7.17. The lowest BCUT2D eigenvalue weighted by Gasteiger charge is -2.39. The third kappa shape index (κ3) is 2.98. The Morgan fingerprint density at radius 3 is 2.42 bits per heavy atom. The van der Waals surface area contributed by atoms with E-state index in [1.54, 1.807) is 0 Å². The van der Waals surface area contributed by atoms with E-state index >= 15 is 0 Å². The summed E-state index contributed by atoms with van der Waals surface area (Å²) in [6.45, 7) is 4.02. The van der Waals surface area contributed by atoms with Crippen LogP contribution in [0.25, 0.3) is 0 Å². The molecular weight excluding hydrogens is 234 g/mol. The van der Waals surface area contributed by atoms with Gasteiger partial charge < -0.3 is 5.73 Å². The van der Waals surface area contributed by atoms with Gasteiger partial charge in [-0.25, -0.2) is 0 Å². The van der Waals surface area contributed by atoms with E-state index in [-0.39, 0.29) is 0 Å². The third-order valence-corrected chi connectivity index (χ3v) is 5.04. The van der Waals surface area contributed by atoms with Crippen molar-refractivity contribution in [3.8, 4) is 0 Å². The van der Waals surface area contributed by atoms with E-state index in [1.807, 2.05) is 6.07 Å². The molecule has 1 saturated heterocycles. The van der Waals surface area contributed by atoms with Crippen molar-refractivity contribution in [1.29, 1.82) is 0 Å². The van der Waals surface area contributed by atoms with Crippen molar-refractivity contribution in [3.05, 3.63) is 29.6 Å². The average molecular weight is 259 g/mol. The van der Waals surface area contributed by atoms with Gasteiger partial charge in [0.25, 0.3) is 0 Å². The average Bonchev–Trinajstić information content (AvgIpc) is 2.90. The smallest absolute Gasteiger partial charge is 0.0547 e. The van der Waals surface area contributed by atoms with Crippen LogP contribution >= 0.6 is 0 Å². The first-order valence-corrected chi connectivity index (χ1v) is 7.67. The molecule has 1 saturated carbocycles. The second-order valence-corrected chi connectivity index (χ2v) is 6.31. The highest BCUT2D eigenvalue weighted by Gasteiger charge is 2.36. The molecule has 1 aromatic heterocycles. The van der Waals surface area contributed by atoms with E-state index in [2.05, 4.69) is 22.0 Å². The van der Waals surface area contributed by atoms with Gasteiger partial charge in [-0.05, 0) is 56.3 Å². The molecule has 0 unspecified atom stereocenters. The Morgan fingerprint density at radius 1 is 1.05 bits per heavy atom. The van der Waals surface area contributed by atoms with Gasteiger partial charge in [0.15, 0.2) is 0 Å². The molecule has 2 fully saturated rings. The minimum atomic E-state index is 0.539. The SMILES string of the molecule is NCc1cccc(CN2CCC3(CCCC3)CC2)n1. The Kier molecular flexibility index (Phi) is 3.85. The molecule has 0 aromatic carbocycles. The van der Waals surface area contributed by atoms with Gasteiger partial charge in [0.1, 0.15) is 0 Å². The van der Waals surface area contributed by atoms with Crippen molar-refractivity contribution >= 4 is 0 Å². The van der Waals surface area contributed by atoms with Crippen LogP contribution in [-0.2, 0) is 13.1 Å². The van der Waals surface area contributed by atoms with Crippen molar-refractivity contribution in [2.24, 2.45) is 11.1 Å². The Morgan fingerprint density at radius 2 is 1.74 bits per heavy atom. The number of nitrogens with zero attached hydrogens (tertiary/aromatic N) is 2. The van der Waals surface area contributed by atoms with Gasteiger partial charge in [-0.2, -0.15) is 0 Å². The minimum absolute atomic E-state index is 0.539. The van der Waals surface area contributed by atoms with E-state index in [4.69, 9.17) is 5.73 Å². The van der Waals surface area contributed by atoms with Crippen LogP contribution in [0.4, 0.5) is 0 Å². The molecule has 0 amide bonds.